The Morgan fingerprint density at radius 3 is 2.22 bits per heavy atom. The number of aliphatic hydroxyl groups is 2. The second kappa shape index (κ2) is 6.29. The predicted molar refractivity (Wildman–Crippen MR) is 68.6 cm³/mol. The molecule has 0 aliphatic rings. The van der Waals surface area contributed by atoms with Crippen LogP contribution in [-0.2, 0) is 10.0 Å². The first-order valence-electron chi connectivity index (χ1n) is 5.82. The topological polar surface area (TPSA) is 77.8 Å². The van der Waals surface area contributed by atoms with Crippen molar-refractivity contribution in [1.82, 2.24) is 4.31 Å². The van der Waals surface area contributed by atoms with Crippen molar-refractivity contribution in [2.45, 2.75) is 24.8 Å². The minimum absolute atomic E-state index is 0.0803. The molecule has 5 nitrogen and oxygen atoms in total. The number of hydrogen-bond acceptors (Lipinski definition) is 4. The fourth-order valence-electron chi connectivity index (χ4n) is 1.63. The first kappa shape index (κ1) is 15.1. The molecule has 1 aromatic rings. The van der Waals surface area contributed by atoms with Gasteiger partial charge in [-0.2, -0.15) is 4.31 Å². The normalized spacial score (nSPS) is 13.8. The summed E-state index contributed by atoms with van der Waals surface area (Å²) in [5.74, 6) is 0. The van der Waals surface area contributed by atoms with Gasteiger partial charge in [-0.15, -0.1) is 0 Å². The van der Waals surface area contributed by atoms with Crippen molar-refractivity contribution in [1.29, 1.82) is 0 Å². The molecule has 2 N–H and O–H groups in total. The second-order valence-corrected chi connectivity index (χ2v) is 5.90. The molecule has 6 heteroatoms. The molecular formula is C12H19NO4S. The Labute approximate surface area is 108 Å². The Morgan fingerprint density at radius 1 is 1.28 bits per heavy atom. The largest absolute Gasteiger partial charge is 0.395 e. The Bertz CT molecular complexity index is 467. The molecule has 0 saturated carbocycles. The van der Waals surface area contributed by atoms with Gasteiger partial charge in [0.15, 0.2) is 0 Å². The zero-order valence-electron chi connectivity index (χ0n) is 10.6. The summed E-state index contributed by atoms with van der Waals surface area (Å²) < 4.78 is 25.6. The van der Waals surface area contributed by atoms with Gasteiger partial charge in [-0.25, -0.2) is 8.42 Å². The summed E-state index contributed by atoms with van der Waals surface area (Å²) in [6.07, 6.45) is -0.624. The molecule has 0 aliphatic heterocycles. The smallest absolute Gasteiger partial charge is 0.243 e. The summed E-state index contributed by atoms with van der Waals surface area (Å²) in [7, 11) is -3.56. The molecule has 1 aromatic carbocycles. The van der Waals surface area contributed by atoms with Crippen LogP contribution >= 0.6 is 0 Å². The van der Waals surface area contributed by atoms with Gasteiger partial charge < -0.3 is 10.2 Å². The van der Waals surface area contributed by atoms with E-state index in [9.17, 15) is 13.5 Å². The highest BCUT2D eigenvalue weighted by molar-refractivity contribution is 7.89. The molecule has 1 unspecified atom stereocenters. The summed E-state index contributed by atoms with van der Waals surface area (Å²) >= 11 is 0. The Hall–Kier alpha value is -0.950. The average Bonchev–Trinajstić information content (AvgIpc) is 2.35. The highest BCUT2D eigenvalue weighted by Crippen LogP contribution is 2.19. The molecule has 0 saturated heterocycles. The average molecular weight is 273 g/mol. The standard InChI is InChI=1S/C12H19NO4S/c1-3-13(8-9-14)18(16,17)12-6-4-11(5-7-12)10(2)15/h4-7,10,14-15H,3,8-9H2,1-2H3. The third-order valence-corrected chi connectivity index (χ3v) is 4.69. The van der Waals surface area contributed by atoms with E-state index in [0.29, 0.717) is 12.1 Å². The van der Waals surface area contributed by atoms with Crippen LogP contribution in [0.3, 0.4) is 0 Å². The van der Waals surface area contributed by atoms with Crippen molar-refractivity contribution in [2.75, 3.05) is 19.7 Å². The lowest BCUT2D eigenvalue weighted by atomic mass is 10.1. The summed E-state index contributed by atoms with van der Waals surface area (Å²) in [4.78, 5) is 0.169. The van der Waals surface area contributed by atoms with E-state index in [2.05, 4.69) is 0 Å². The third kappa shape index (κ3) is 3.29. The monoisotopic (exact) mass is 273 g/mol. The summed E-state index contributed by atoms with van der Waals surface area (Å²) in [6.45, 7) is 3.52. The van der Waals surface area contributed by atoms with Gasteiger partial charge >= 0.3 is 0 Å². The van der Waals surface area contributed by atoms with Gasteiger partial charge in [0.05, 0.1) is 17.6 Å². The van der Waals surface area contributed by atoms with Crippen molar-refractivity contribution in [3.63, 3.8) is 0 Å². The van der Waals surface area contributed by atoms with E-state index in [-0.39, 0.29) is 18.0 Å². The fourth-order valence-corrected chi connectivity index (χ4v) is 3.07. The maximum Gasteiger partial charge on any atom is 0.243 e. The van der Waals surface area contributed by atoms with E-state index in [1.165, 1.54) is 16.4 Å². The molecule has 0 radical (unpaired) electrons. The molecule has 18 heavy (non-hydrogen) atoms. The zero-order valence-corrected chi connectivity index (χ0v) is 11.4. The fraction of sp³-hybridized carbons (Fsp3) is 0.500. The van der Waals surface area contributed by atoms with Gasteiger partial charge in [-0.1, -0.05) is 19.1 Å². The third-order valence-electron chi connectivity index (χ3n) is 2.70. The second-order valence-electron chi connectivity index (χ2n) is 3.97. The zero-order chi connectivity index (χ0) is 13.8. The molecule has 0 heterocycles. The molecule has 1 rings (SSSR count). The van der Waals surface area contributed by atoms with Crippen LogP contribution in [0.5, 0.6) is 0 Å². The molecular weight excluding hydrogens is 254 g/mol. The summed E-state index contributed by atoms with van der Waals surface area (Å²) in [6, 6.07) is 6.11. The first-order valence-corrected chi connectivity index (χ1v) is 7.26. The van der Waals surface area contributed by atoms with Crippen molar-refractivity contribution in [3.05, 3.63) is 29.8 Å². The molecule has 0 spiro atoms. The molecule has 0 amide bonds. The van der Waals surface area contributed by atoms with Gasteiger partial charge in [-0.3, -0.25) is 0 Å². The number of benzene rings is 1. The van der Waals surface area contributed by atoms with E-state index in [1.807, 2.05) is 0 Å². The van der Waals surface area contributed by atoms with Crippen LogP contribution in [0.15, 0.2) is 29.2 Å². The van der Waals surface area contributed by atoms with Crippen LogP contribution in [0.4, 0.5) is 0 Å². The van der Waals surface area contributed by atoms with Crippen molar-refractivity contribution >= 4 is 10.0 Å². The maximum atomic E-state index is 12.2. The quantitative estimate of drug-likeness (QED) is 0.801. The van der Waals surface area contributed by atoms with Crippen LogP contribution in [0.2, 0.25) is 0 Å². The van der Waals surface area contributed by atoms with Crippen molar-refractivity contribution in [3.8, 4) is 0 Å². The maximum absolute atomic E-state index is 12.2. The van der Waals surface area contributed by atoms with E-state index < -0.39 is 16.1 Å². The highest BCUT2D eigenvalue weighted by atomic mass is 32.2. The minimum Gasteiger partial charge on any atom is -0.395 e. The molecule has 0 fully saturated rings. The van der Waals surface area contributed by atoms with Gasteiger partial charge in [0.2, 0.25) is 10.0 Å². The number of sulfonamides is 1. The Morgan fingerprint density at radius 2 is 1.83 bits per heavy atom. The van der Waals surface area contributed by atoms with Crippen LogP contribution in [-0.4, -0.2) is 42.6 Å². The molecule has 0 aromatic heterocycles. The Kier molecular flexibility index (Phi) is 5.28. The van der Waals surface area contributed by atoms with Crippen LogP contribution < -0.4 is 0 Å². The van der Waals surface area contributed by atoms with E-state index >= 15 is 0 Å². The highest BCUT2D eigenvalue weighted by Gasteiger charge is 2.22. The number of rotatable bonds is 6. The van der Waals surface area contributed by atoms with Crippen LogP contribution in [0, 0.1) is 0 Å². The number of hydrogen-bond donors (Lipinski definition) is 2. The predicted octanol–water partition coefficient (Wildman–Crippen LogP) is 0.743. The van der Waals surface area contributed by atoms with Gasteiger partial charge in [0.25, 0.3) is 0 Å². The molecule has 0 aliphatic carbocycles. The molecule has 1 atom stereocenters. The minimum atomic E-state index is -3.56. The Balaban J connectivity index is 3.04. The number of likely N-dealkylation sites (N-methyl/N-ethyl adjacent to an activating group) is 1. The number of aliphatic hydroxyl groups excluding tert-OH is 2. The van der Waals surface area contributed by atoms with Crippen molar-refractivity contribution in [2.24, 2.45) is 0 Å². The molecule has 102 valence electrons. The van der Waals surface area contributed by atoms with Crippen molar-refractivity contribution < 1.29 is 18.6 Å². The number of nitrogens with zero attached hydrogens (tertiary/aromatic N) is 1. The first-order chi connectivity index (χ1) is 8.43. The van der Waals surface area contributed by atoms with E-state index in [0.717, 1.165) is 0 Å². The SMILES string of the molecule is CCN(CCO)S(=O)(=O)c1ccc(C(C)O)cc1. The van der Waals surface area contributed by atoms with Crippen LogP contribution in [0.1, 0.15) is 25.5 Å². The molecule has 0 bridgehead atoms. The lowest BCUT2D eigenvalue weighted by molar-refractivity contribution is 0.199. The van der Waals surface area contributed by atoms with Gasteiger partial charge in [-0.05, 0) is 24.6 Å². The van der Waals surface area contributed by atoms with Gasteiger partial charge in [0, 0.05) is 13.1 Å². The lowest BCUT2D eigenvalue weighted by Crippen LogP contribution is -2.33. The summed E-state index contributed by atoms with van der Waals surface area (Å²) in [5, 5.41) is 18.2. The van der Waals surface area contributed by atoms with Gasteiger partial charge in [0.1, 0.15) is 0 Å². The van der Waals surface area contributed by atoms with E-state index in [1.54, 1.807) is 26.0 Å². The van der Waals surface area contributed by atoms with E-state index in [4.69, 9.17) is 5.11 Å². The summed E-state index contributed by atoms with van der Waals surface area (Å²) in [5.41, 5.74) is 0.666. The lowest BCUT2D eigenvalue weighted by Gasteiger charge is -2.19. The van der Waals surface area contributed by atoms with Crippen LogP contribution in [0.25, 0.3) is 0 Å².